The van der Waals surface area contributed by atoms with E-state index in [1.54, 1.807) is 0 Å². The van der Waals surface area contributed by atoms with Crippen LogP contribution in [0.5, 0.6) is 0 Å². The van der Waals surface area contributed by atoms with Crippen LogP contribution < -0.4 is 0 Å². The number of allylic oxidation sites excluding steroid dienone is 3. The van der Waals surface area contributed by atoms with Gasteiger partial charge in [0.1, 0.15) is 11.9 Å². The molecule has 26 heavy (non-hydrogen) atoms. The second-order valence-corrected chi connectivity index (χ2v) is 7.91. The van der Waals surface area contributed by atoms with Gasteiger partial charge in [0, 0.05) is 6.42 Å². The van der Waals surface area contributed by atoms with Gasteiger partial charge in [0.15, 0.2) is 0 Å². The molecule has 0 aromatic heterocycles. The van der Waals surface area contributed by atoms with E-state index >= 15 is 0 Å². The Hall–Kier alpha value is -1.94. The molecule has 1 unspecified atom stereocenters. The van der Waals surface area contributed by atoms with E-state index in [4.69, 9.17) is 4.74 Å². The third-order valence-electron chi connectivity index (χ3n) is 5.84. The lowest BCUT2D eigenvalue weighted by molar-refractivity contribution is -0.156. The normalized spacial score (nSPS) is 28.7. The first kappa shape index (κ1) is 18.8. The van der Waals surface area contributed by atoms with E-state index in [-0.39, 0.29) is 23.6 Å². The number of ether oxygens (including phenoxy) is 1. The van der Waals surface area contributed by atoms with E-state index in [9.17, 15) is 14.3 Å². The molecule has 1 saturated heterocycles. The third kappa shape index (κ3) is 3.75. The van der Waals surface area contributed by atoms with Crippen LogP contribution in [-0.4, -0.2) is 23.3 Å². The molecule has 1 N–H and O–H groups in total. The lowest BCUT2D eigenvalue weighted by Crippen LogP contribution is -2.31. The van der Waals surface area contributed by atoms with Crippen molar-refractivity contribution in [2.24, 2.45) is 11.3 Å². The maximum absolute atomic E-state index is 13.3. The van der Waals surface area contributed by atoms with Crippen LogP contribution in [0.3, 0.4) is 0 Å². The predicted molar refractivity (Wildman–Crippen MR) is 99.8 cm³/mol. The van der Waals surface area contributed by atoms with Crippen molar-refractivity contribution in [3.05, 3.63) is 53.4 Å². The summed E-state index contributed by atoms with van der Waals surface area (Å²) in [6.07, 6.45) is 5.40. The van der Waals surface area contributed by atoms with Crippen molar-refractivity contribution in [3.63, 3.8) is 0 Å². The Labute approximate surface area is 154 Å². The molecule has 1 aliphatic heterocycles. The van der Waals surface area contributed by atoms with Crippen LogP contribution in [-0.2, 0) is 9.53 Å². The van der Waals surface area contributed by atoms with Crippen LogP contribution in [0.15, 0.2) is 42.0 Å². The highest BCUT2D eigenvalue weighted by Crippen LogP contribution is 2.52. The van der Waals surface area contributed by atoms with Crippen LogP contribution in [0.4, 0.5) is 4.39 Å². The molecule has 0 spiro atoms. The molecular formula is C22H27FO3. The molecule has 3 nitrogen and oxygen atoms in total. The fourth-order valence-corrected chi connectivity index (χ4v) is 4.25. The lowest BCUT2D eigenvalue weighted by atomic mass is 9.76. The highest BCUT2D eigenvalue weighted by Gasteiger charge is 2.39. The number of cyclic esters (lactones) is 1. The fourth-order valence-electron chi connectivity index (χ4n) is 4.25. The minimum atomic E-state index is -0.642. The largest absolute Gasteiger partial charge is 0.458 e. The van der Waals surface area contributed by atoms with E-state index in [0.29, 0.717) is 12.3 Å². The van der Waals surface area contributed by atoms with Gasteiger partial charge in [-0.05, 0) is 52.7 Å². The number of hydrogen-bond donors (Lipinski definition) is 1. The van der Waals surface area contributed by atoms with Crippen molar-refractivity contribution in [2.45, 2.75) is 58.7 Å². The number of esters is 1. The van der Waals surface area contributed by atoms with Gasteiger partial charge < -0.3 is 9.84 Å². The number of hydrogen-bond acceptors (Lipinski definition) is 3. The Kier molecular flexibility index (Phi) is 5.33. The molecule has 1 aromatic carbocycles. The summed E-state index contributed by atoms with van der Waals surface area (Å²) in [6.45, 7) is 6.67. The second kappa shape index (κ2) is 7.36. The van der Waals surface area contributed by atoms with Gasteiger partial charge in [0.05, 0.1) is 12.5 Å². The van der Waals surface area contributed by atoms with E-state index in [2.05, 4.69) is 20.8 Å². The number of rotatable bonds is 4. The number of aliphatic hydroxyl groups is 1. The topological polar surface area (TPSA) is 46.5 Å². The first-order chi connectivity index (χ1) is 12.3. The zero-order chi connectivity index (χ0) is 18.9. The predicted octanol–water partition coefficient (Wildman–Crippen LogP) is 4.66. The van der Waals surface area contributed by atoms with Gasteiger partial charge in [0.2, 0.25) is 0 Å². The van der Waals surface area contributed by atoms with Gasteiger partial charge in [-0.15, -0.1) is 0 Å². The summed E-state index contributed by atoms with van der Waals surface area (Å²) in [7, 11) is 0. The molecule has 0 saturated carbocycles. The number of halogens is 1. The summed E-state index contributed by atoms with van der Waals surface area (Å²) in [6, 6.07) is 6.65. The summed E-state index contributed by atoms with van der Waals surface area (Å²) in [5.74, 6) is -0.0937. The van der Waals surface area contributed by atoms with Crippen molar-refractivity contribution < 1.29 is 19.0 Å². The van der Waals surface area contributed by atoms with Crippen LogP contribution in [0.1, 0.15) is 52.0 Å². The van der Waals surface area contributed by atoms with E-state index < -0.39 is 12.2 Å². The molecule has 140 valence electrons. The lowest BCUT2D eigenvalue weighted by Gasteiger charge is -2.29. The van der Waals surface area contributed by atoms with Crippen molar-refractivity contribution in [1.82, 2.24) is 0 Å². The minimum Gasteiger partial charge on any atom is -0.458 e. The monoisotopic (exact) mass is 358 g/mol. The van der Waals surface area contributed by atoms with Gasteiger partial charge in [-0.2, -0.15) is 0 Å². The van der Waals surface area contributed by atoms with Gasteiger partial charge in [0.25, 0.3) is 0 Å². The number of carbonyl (C=O) groups is 1. The molecule has 0 radical (unpaired) electrons. The Bertz CT molecular complexity index is 730. The summed E-state index contributed by atoms with van der Waals surface area (Å²) in [5.41, 5.74) is 3.44. The first-order valence-electron chi connectivity index (χ1n) is 9.36. The third-order valence-corrected chi connectivity index (χ3v) is 5.84. The zero-order valence-electron chi connectivity index (χ0n) is 15.7. The fraction of sp³-hybridized carbons (Fsp3) is 0.500. The molecule has 3 atom stereocenters. The maximum atomic E-state index is 13.3. The number of carbonyl (C=O) groups excluding carboxylic acids is 1. The summed E-state index contributed by atoms with van der Waals surface area (Å²) >= 11 is 0. The first-order valence-corrected chi connectivity index (χ1v) is 9.36. The van der Waals surface area contributed by atoms with E-state index in [1.807, 2.05) is 24.3 Å². The van der Waals surface area contributed by atoms with Crippen LogP contribution >= 0.6 is 0 Å². The molecule has 1 aliphatic carbocycles. The van der Waals surface area contributed by atoms with Crippen molar-refractivity contribution in [1.29, 1.82) is 0 Å². The van der Waals surface area contributed by atoms with Gasteiger partial charge >= 0.3 is 5.97 Å². The second-order valence-electron chi connectivity index (χ2n) is 7.91. The van der Waals surface area contributed by atoms with Crippen LogP contribution in [0.25, 0.3) is 5.57 Å². The van der Waals surface area contributed by atoms with Crippen LogP contribution in [0, 0.1) is 17.2 Å². The molecule has 0 amide bonds. The van der Waals surface area contributed by atoms with Crippen LogP contribution in [0.2, 0.25) is 0 Å². The standard InChI is InChI=1S/C22H27FO3/c1-4-15-11-19(14-5-7-16(23)8-6-14)20(22(15,2)3)10-9-18-12-17(24)13-21(25)26-18/h5-10,15,17-18,24H,4,11-13H2,1-3H3/b10-9+/t15?,17-,18-/m0/s1. The summed E-state index contributed by atoms with van der Waals surface area (Å²) < 4.78 is 18.7. The SMILES string of the molecule is CCC1CC(c2ccc(F)cc2)=C(/C=C/[C@H]2C[C@H](O)CC(=O)O2)C1(C)C. The highest BCUT2D eigenvalue weighted by atomic mass is 19.1. The molecule has 1 fully saturated rings. The minimum absolute atomic E-state index is 0.0216. The Morgan fingerprint density at radius 2 is 1.96 bits per heavy atom. The summed E-state index contributed by atoms with van der Waals surface area (Å²) in [4.78, 5) is 11.6. The van der Waals surface area contributed by atoms with Gasteiger partial charge in [-0.25, -0.2) is 4.39 Å². The molecule has 1 aromatic rings. The zero-order valence-corrected chi connectivity index (χ0v) is 15.7. The summed E-state index contributed by atoms with van der Waals surface area (Å²) in [5, 5.41) is 9.80. The molecule has 0 bridgehead atoms. The Morgan fingerprint density at radius 3 is 2.58 bits per heavy atom. The van der Waals surface area contributed by atoms with Crippen molar-refractivity contribution in [3.8, 4) is 0 Å². The number of aliphatic hydroxyl groups excluding tert-OH is 1. The molecular weight excluding hydrogens is 331 g/mol. The van der Waals surface area contributed by atoms with Crippen molar-refractivity contribution in [2.75, 3.05) is 0 Å². The van der Waals surface area contributed by atoms with E-state index in [0.717, 1.165) is 18.4 Å². The molecule has 2 aliphatic rings. The quantitative estimate of drug-likeness (QED) is 0.797. The molecule has 1 heterocycles. The van der Waals surface area contributed by atoms with E-state index in [1.165, 1.54) is 23.3 Å². The Morgan fingerprint density at radius 1 is 1.27 bits per heavy atom. The average molecular weight is 358 g/mol. The van der Waals surface area contributed by atoms with Gasteiger partial charge in [-0.3, -0.25) is 4.79 Å². The van der Waals surface area contributed by atoms with Crippen molar-refractivity contribution >= 4 is 11.5 Å². The average Bonchev–Trinajstić information content (AvgIpc) is 2.83. The maximum Gasteiger partial charge on any atom is 0.309 e. The Balaban J connectivity index is 1.94. The smallest absolute Gasteiger partial charge is 0.309 e. The van der Waals surface area contributed by atoms with Gasteiger partial charge in [-0.1, -0.05) is 45.4 Å². The molecule has 4 heteroatoms. The number of benzene rings is 1. The highest BCUT2D eigenvalue weighted by molar-refractivity contribution is 5.75. The molecule has 3 rings (SSSR count).